The summed E-state index contributed by atoms with van der Waals surface area (Å²) in [7, 11) is 0. The fourth-order valence-electron chi connectivity index (χ4n) is 1.53. The van der Waals surface area contributed by atoms with Gasteiger partial charge >= 0.3 is 0 Å². The first-order chi connectivity index (χ1) is 9.16. The molecular weight excluding hydrogens is 271 g/mol. The quantitative estimate of drug-likeness (QED) is 0.498. The van der Waals surface area contributed by atoms with Crippen LogP contribution in [-0.4, -0.2) is 12.3 Å². The predicted molar refractivity (Wildman–Crippen MR) is 72.0 cm³/mol. The van der Waals surface area contributed by atoms with Gasteiger partial charge < -0.3 is 5.32 Å². The van der Waals surface area contributed by atoms with Gasteiger partial charge in [-0.3, -0.25) is 0 Å². The molecule has 0 unspecified atom stereocenters. The number of benzene rings is 2. The summed E-state index contributed by atoms with van der Waals surface area (Å²) in [5.74, 6) is -2.33. The van der Waals surface area contributed by atoms with Crippen molar-refractivity contribution in [2.45, 2.75) is 4.90 Å². The maximum absolute atomic E-state index is 13.3. The highest BCUT2D eigenvalue weighted by atomic mass is 32.2. The highest BCUT2D eigenvalue weighted by molar-refractivity contribution is 7.99. The van der Waals surface area contributed by atoms with Gasteiger partial charge in [-0.25, -0.2) is 13.2 Å². The Bertz CT molecular complexity index is 546. The summed E-state index contributed by atoms with van der Waals surface area (Å²) < 4.78 is 39.0. The Labute approximate surface area is 113 Å². The predicted octanol–water partition coefficient (Wildman–Crippen LogP) is 4.31. The smallest absolute Gasteiger partial charge is 0.161 e. The molecule has 0 aliphatic rings. The molecule has 1 N–H and O–H groups in total. The van der Waals surface area contributed by atoms with Crippen LogP contribution in [0.15, 0.2) is 47.4 Å². The molecule has 0 aromatic heterocycles. The molecule has 0 aliphatic heterocycles. The molecule has 0 fully saturated rings. The van der Waals surface area contributed by atoms with Crippen molar-refractivity contribution >= 4 is 17.4 Å². The number of halogens is 3. The van der Waals surface area contributed by atoms with E-state index in [0.717, 1.165) is 11.0 Å². The van der Waals surface area contributed by atoms with Crippen LogP contribution < -0.4 is 5.32 Å². The monoisotopic (exact) mass is 283 g/mol. The molecule has 0 bridgehead atoms. The van der Waals surface area contributed by atoms with Crippen molar-refractivity contribution in [1.82, 2.24) is 0 Å². The van der Waals surface area contributed by atoms with Crippen molar-refractivity contribution in [3.63, 3.8) is 0 Å². The Morgan fingerprint density at radius 3 is 2.32 bits per heavy atom. The third kappa shape index (κ3) is 3.92. The van der Waals surface area contributed by atoms with Crippen LogP contribution in [0.1, 0.15) is 0 Å². The normalized spacial score (nSPS) is 10.5. The Morgan fingerprint density at radius 2 is 1.58 bits per heavy atom. The van der Waals surface area contributed by atoms with Crippen LogP contribution in [0.3, 0.4) is 0 Å². The average molecular weight is 283 g/mol. The molecule has 0 aliphatic carbocycles. The van der Waals surface area contributed by atoms with Crippen molar-refractivity contribution in [2.75, 3.05) is 17.6 Å². The maximum atomic E-state index is 13.3. The standard InChI is InChI=1S/C14H12F3NS/c15-11-8-13(17)14(9-12(11)16)18-6-7-19-10-4-2-1-3-5-10/h1-5,8-9,18H,6-7H2. The van der Waals surface area contributed by atoms with Gasteiger partial charge in [0.05, 0.1) is 5.69 Å². The van der Waals surface area contributed by atoms with Crippen molar-refractivity contribution in [3.05, 3.63) is 59.9 Å². The summed E-state index contributed by atoms with van der Waals surface area (Å²) in [6, 6.07) is 11.1. The van der Waals surface area contributed by atoms with Gasteiger partial charge in [-0.2, -0.15) is 0 Å². The van der Waals surface area contributed by atoms with Gasteiger partial charge in [0.15, 0.2) is 11.6 Å². The third-order valence-corrected chi connectivity index (χ3v) is 3.45. The van der Waals surface area contributed by atoms with Crippen LogP contribution in [0, 0.1) is 17.5 Å². The second-order valence-corrected chi connectivity index (χ2v) is 5.00. The fourth-order valence-corrected chi connectivity index (χ4v) is 2.32. The third-order valence-electron chi connectivity index (χ3n) is 2.44. The Morgan fingerprint density at radius 1 is 0.895 bits per heavy atom. The lowest BCUT2D eigenvalue weighted by molar-refractivity contribution is 0.496. The summed E-state index contributed by atoms with van der Waals surface area (Å²) in [6.07, 6.45) is 0. The largest absolute Gasteiger partial charge is 0.382 e. The van der Waals surface area contributed by atoms with E-state index in [0.29, 0.717) is 18.4 Å². The lowest BCUT2D eigenvalue weighted by atomic mass is 10.3. The molecule has 19 heavy (non-hydrogen) atoms. The Balaban J connectivity index is 1.85. The van der Waals surface area contributed by atoms with E-state index >= 15 is 0 Å². The molecule has 1 nitrogen and oxygen atoms in total. The number of rotatable bonds is 5. The zero-order chi connectivity index (χ0) is 13.7. The lowest BCUT2D eigenvalue weighted by Gasteiger charge is -2.08. The van der Waals surface area contributed by atoms with E-state index in [9.17, 15) is 13.2 Å². The van der Waals surface area contributed by atoms with Crippen LogP contribution in [-0.2, 0) is 0 Å². The number of thioether (sulfide) groups is 1. The van der Waals surface area contributed by atoms with E-state index in [1.807, 2.05) is 30.3 Å². The molecule has 0 amide bonds. The summed E-state index contributed by atoms with van der Waals surface area (Å²) in [5, 5.41) is 2.75. The molecule has 2 rings (SSSR count). The lowest BCUT2D eigenvalue weighted by Crippen LogP contribution is -2.06. The second-order valence-electron chi connectivity index (χ2n) is 3.83. The van der Waals surface area contributed by atoms with Crippen molar-refractivity contribution in [1.29, 1.82) is 0 Å². The molecule has 0 spiro atoms. The molecular formula is C14H12F3NS. The minimum absolute atomic E-state index is 0.0208. The van der Waals surface area contributed by atoms with Gasteiger partial charge in [-0.15, -0.1) is 11.8 Å². The van der Waals surface area contributed by atoms with Crippen LogP contribution in [0.5, 0.6) is 0 Å². The van der Waals surface area contributed by atoms with Gasteiger partial charge in [-0.1, -0.05) is 18.2 Å². The highest BCUT2D eigenvalue weighted by Crippen LogP contribution is 2.20. The van der Waals surface area contributed by atoms with Crippen molar-refractivity contribution in [3.8, 4) is 0 Å². The molecule has 2 aromatic rings. The second kappa shape index (κ2) is 6.52. The first-order valence-electron chi connectivity index (χ1n) is 5.73. The fraction of sp³-hybridized carbons (Fsp3) is 0.143. The molecule has 0 saturated heterocycles. The summed E-state index contributed by atoms with van der Waals surface area (Å²) in [5.41, 5.74) is -0.0208. The zero-order valence-corrected chi connectivity index (χ0v) is 10.8. The molecule has 0 heterocycles. The summed E-state index contributed by atoms with van der Waals surface area (Å²) in [4.78, 5) is 1.11. The van der Waals surface area contributed by atoms with E-state index < -0.39 is 17.5 Å². The van der Waals surface area contributed by atoms with Crippen molar-refractivity contribution < 1.29 is 13.2 Å². The van der Waals surface area contributed by atoms with Crippen LogP contribution in [0.4, 0.5) is 18.9 Å². The first-order valence-corrected chi connectivity index (χ1v) is 6.71. The van der Waals surface area contributed by atoms with Crippen LogP contribution in [0.2, 0.25) is 0 Å². The van der Waals surface area contributed by atoms with E-state index in [1.54, 1.807) is 11.8 Å². The van der Waals surface area contributed by atoms with Gasteiger partial charge in [0, 0.05) is 29.3 Å². The number of hydrogen-bond donors (Lipinski definition) is 1. The van der Waals surface area contributed by atoms with Gasteiger partial charge in [0.1, 0.15) is 5.82 Å². The molecule has 0 radical (unpaired) electrons. The summed E-state index contributed by atoms with van der Waals surface area (Å²) in [6.45, 7) is 0.460. The number of anilines is 1. The molecule has 0 atom stereocenters. The number of hydrogen-bond acceptors (Lipinski definition) is 2. The Kier molecular flexibility index (Phi) is 4.74. The first kappa shape index (κ1) is 13.8. The van der Waals surface area contributed by atoms with E-state index in [1.165, 1.54) is 0 Å². The summed E-state index contributed by atoms with van der Waals surface area (Å²) >= 11 is 1.60. The minimum Gasteiger partial charge on any atom is -0.382 e. The highest BCUT2D eigenvalue weighted by Gasteiger charge is 2.08. The van der Waals surface area contributed by atoms with Gasteiger partial charge in [0.25, 0.3) is 0 Å². The van der Waals surface area contributed by atoms with Gasteiger partial charge in [0.2, 0.25) is 0 Å². The minimum atomic E-state index is -1.18. The topological polar surface area (TPSA) is 12.0 Å². The average Bonchev–Trinajstić information content (AvgIpc) is 2.41. The van der Waals surface area contributed by atoms with E-state index in [-0.39, 0.29) is 5.69 Å². The van der Waals surface area contributed by atoms with E-state index in [4.69, 9.17) is 0 Å². The molecule has 0 saturated carbocycles. The molecule has 2 aromatic carbocycles. The van der Waals surface area contributed by atoms with Crippen LogP contribution >= 0.6 is 11.8 Å². The SMILES string of the molecule is Fc1cc(F)c(NCCSc2ccccc2)cc1F. The Hall–Kier alpha value is -1.62. The number of nitrogens with one attached hydrogen (secondary N) is 1. The maximum Gasteiger partial charge on any atom is 0.161 e. The zero-order valence-electron chi connectivity index (χ0n) is 10.00. The molecule has 100 valence electrons. The van der Waals surface area contributed by atoms with E-state index in [2.05, 4.69) is 5.32 Å². The van der Waals surface area contributed by atoms with Crippen molar-refractivity contribution in [2.24, 2.45) is 0 Å². The van der Waals surface area contributed by atoms with Crippen LogP contribution in [0.25, 0.3) is 0 Å². The molecule has 5 heteroatoms. The van der Waals surface area contributed by atoms with Gasteiger partial charge in [-0.05, 0) is 12.1 Å².